The molecule has 2 amide bonds. The maximum absolute atomic E-state index is 13.5. The summed E-state index contributed by atoms with van der Waals surface area (Å²) in [5.74, 6) is -3.61. The molecule has 0 bridgehead atoms. The normalized spacial score (nSPS) is 17.5. The third-order valence-corrected chi connectivity index (χ3v) is 4.91. The van der Waals surface area contributed by atoms with Gasteiger partial charge in [0.2, 0.25) is 5.92 Å². The number of amides is 2. The Morgan fingerprint density at radius 1 is 1.00 bits per heavy atom. The molecule has 0 aliphatic heterocycles. The van der Waals surface area contributed by atoms with Crippen molar-refractivity contribution in [3.63, 3.8) is 0 Å². The third-order valence-electron chi connectivity index (χ3n) is 4.91. The molecule has 1 aliphatic rings. The van der Waals surface area contributed by atoms with Crippen LogP contribution in [0.5, 0.6) is 0 Å². The largest absolute Gasteiger partial charge is 0.368 e. The molecule has 0 saturated heterocycles. The zero-order valence-corrected chi connectivity index (χ0v) is 15.4. The van der Waals surface area contributed by atoms with Crippen molar-refractivity contribution in [3.05, 3.63) is 54.4 Å². The summed E-state index contributed by atoms with van der Waals surface area (Å²) in [4.78, 5) is 29.0. The van der Waals surface area contributed by atoms with E-state index in [2.05, 4.69) is 15.6 Å². The summed E-state index contributed by atoms with van der Waals surface area (Å²) >= 11 is 0. The molecule has 1 aliphatic carbocycles. The van der Waals surface area contributed by atoms with Gasteiger partial charge < -0.3 is 15.4 Å². The summed E-state index contributed by atoms with van der Waals surface area (Å²) in [5, 5.41) is 5.42. The van der Waals surface area contributed by atoms with Gasteiger partial charge in [0.05, 0.1) is 0 Å². The molecule has 148 valence electrons. The molecule has 0 atom stereocenters. The van der Waals surface area contributed by atoms with Gasteiger partial charge in [-0.3, -0.25) is 14.6 Å². The molecule has 0 unspecified atom stereocenters. The Balaban J connectivity index is 1.70. The Morgan fingerprint density at radius 3 is 2.32 bits per heavy atom. The number of aromatic nitrogens is 1. The molecule has 1 saturated carbocycles. The van der Waals surface area contributed by atoms with E-state index in [1.54, 1.807) is 42.7 Å². The van der Waals surface area contributed by atoms with Gasteiger partial charge in [0.25, 0.3) is 11.8 Å². The molecule has 1 fully saturated rings. The fourth-order valence-corrected chi connectivity index (χ4v) is 3.17. The molecule has 28 heavy (non-hydrogen) atoms. The molecule has 2 N–H and O–H groups in total. The van der Waals surface area contributed by atoms with Crippen LogP contribution >= 0.6 is 0 Å². The average Bonchev–Trinajstić information content (AvgIpc) is 2.69. The van der Waals surface area contributed by atoms with Crippen LogP contribution in [0.15, 0.2) is 48.8 Å². The van der Waals surface area contributed by atoms with Gasteiger partial charge in [0.15, 0.2) is 0 Å². The van der Waals surface area contributed by atoms with Crippen LogP contribution in [0.4, 0.5) is 20.2 Å². The minimum Gasteiger partial charge on any atom is -0.368 e. The lowest BCUT2D eigenvalue weighted by atomic mass is 9.81. The minimum absolute atomic E-state index is 0.0649. The van der Waals surface area contributed by atoms with E-state index in [1.807, 2.05) is 0 Å². The Labute approximate surface area is 161 Å². The first kappa shape index (κ1) is 19.9. The number of benzene rings is 1. The fourth-order valence-electron chi connectivity index (χ4n) is 3.17. The van der Waals surface area contributed by atoms with Crippen molar-refractivity contribution in [1.29, 1.82) is 0 Å². The van der Waals surface area contributed by atoms with Crippen molar-refractivity contribution in [3.8, 4) is 0 Å². The van der Waals surface area contributed by atoms with E-state index < -0.39 is 30.3 Å². The molecule has 3 rings (SSSR count). The van der Waals surface area contributed by atoms with Crippen molar-refractivity contribution in [2.45, 2.75) is 37.2 Å². The number of rotatable bonds is 5. The molecular formula is C20H21F2N3O3. The molecule has 1 aromatic heterocycles. The van der Waals surface area contributed by atoms with Gasteiger partial charge in [-0.1, -0.05) is 6.07 Å². The van der Waals surface area contributed by atoms with E-state index >= 15 is 0 Å². The monoisotopic (exact) mass is 389 g/mol. The van der Waals surface area contributed by atoms with Crippen molar-refractivity contribution in [2.75, 3.05) is 17.7 Å². The molecule has 6 nitrogen and oxygen atoms in total. The molecule has 1 aromatic carbocycles. The Kier molecular flexibility index (Phi) is 5.69. The zero-order valence-electron chi connectivity index (χ0n) is 15.4. The van der Waals surface area contributed by atoms with E-state index in [-0.39, 0.29) is 18.7 Å². The van der Waals surface area contributed by atoms with Gasteiger partial charge >= 0.3 is 0 Å². The highest BCUT2D eigenvalue weighted by Crippen LogP contribution is 2.40. The standard InChI is InChI=1S/C20H21F2N3O3/c1-28-19(7-9-20(21,22)10-8-19)18(27)25-16-4-2-3-14(13-16)17(26)24-15-5-11-23-12-6-15/h2-6,11-13H,7-10H2,1H3,(H,25,27)(H,23,24,26). The summed E-state index contributed by atoms with van der Waals surface area (Å²) in [6.45, 7) is 0. The SMILES string of the molecule is COC1(C(=O)Nc2cccc(C(=O)Nc3ccncc3)c2)CCC(F)(F)CC1. The smallest absolute Gasteiger partial charge is 0.256 e. The summed E-state index contributed by atoms with van der Waals surface area (Å²) in [6, 6.07) is 9.71. The summed E-state index contributed by atoms with van der Waals surface area (Å²) in [5.41, 5.74) is 0.0325. The molecule has 8 heteroatoms. The number of ether oxygens (including phenoxy) is 1. The quantitative estimate of drug-likeness (QED) is 0.814. The fraction of sp³-hybridized carbons (Fsp3) is 0.350. The van der Waals surface area contributed by atoms with Gasteiger partial charge in [-0.05, 0) is 43.2 Å². The second kappa shape index (κ2) is 8.02. The highest BCUT2D eigenvalue weighted by Gasteiger charge is 2.48. The van der Waals surface area contributed by atoms with Crippen LogP contribution in [-0.4, -0.2) is 35.4 Å². The van der Waals surface area contributed by atoms with Crippen molar-refractivity contribution >= 4 is 23.2 Å². The van der Waals surface area contributed by atoms with Crippen LogP contribution in [0.25, 0.3) is 0 Å². The number of alkyl halides is 2. The summed E-state index contributed by atoms with van der Waals surface area (Å²) in [6.07, 6.45) is 2.19. The number of anilines is 2. The van der Waals surface area contributed by atoms with E-state index in [0.29, 0.717) is 16.9 Å². The topological polar surface area (TPSA) is 80.3 Å². The number of pyridine rings is 1. The lowest BCUT2D eigenvalue weighted by molar-refractivity contribution is -0.154. The first-order valence-electron chi connectivity index (χ1n) is 8.89. The lowest BCUT2D eigenvalue weighted by Crippen LogP contribution is -2.49. The minimum atomic E-state index is -2.77. The molecule has 0 spiro atoms. The van der Waals surface area contributed by atoms with Crippen LogP contribution < -0.4 is 10.6 Å². The van der Waals surface area contributed by atoms with E-state index in [9.17, 15) is 18.4 Å². The van der Waals surface area contributed by atoms with E-state index in [4.69, 9.17) is 4.74 Å². The molecule has 2 aromatic rings. The van der Waals surface area contributed by atoms with Crippen LogP contribution in [-0.2, 0) is 9.53 Å². The molecule has 1 heterocycles. The van der Waals surface area contributed by atoms with Gasteiger partial charge in [-0.2, -0.15) is 0 Å². The number of hydrogen-bond donors (Lipinski definition) is 2. The lowest BCUT2D eigenvalue weighted by Gasteiger charge is -2.37. The molecular weight excluding hydrogens is 368 g/mol. The number of carbonyl (C=O) groups is 2. The van der Waals surface area contributed by atoms with Crippen LogP contribution in [0.1, 0.15) is 36.0 Å². The third kappa shape index (κ3) is 4.51. The zero-order chi connectivity index (χ0) is 20.2. The van der Waals surface area contributed by atoms with Crippen LogP contribution in [0.3, 0.4) is 0 Å². The predicted molar refractivity (Wildman–Crippen MR) is 100 cm³/mol. The highest BCUT2D eigenvalue weighted by molar-refractivity contribution is 6.05. The van der Waals surface area contributed by atoms with Crippen LogP contribution in [0, 0.1) is 0 Å². The van der Waals surface area contributed by atoms with E-state index in [0.717, 1.165) is 0 Å². The first-order valence-corrected chi connectivity index (χ1v) is 8.89. The van der Waals surface area contributed by atoms with Gasteiger partial charge in [0.1, 0.15) is 5.60 Å². The van der Waals surface area contributed by atoms with Gasteiger partial charge in [0, 0.05) is 49.3 Å². The van der Waals surface area contributed by atoms with Gasteiger partial charge in [-0.15, -0.1) is 0 Å². The average molecular weight is 389 g/mol. The number of hydrogen-bond acceptors (Lipinski definition) is 4. The Hall–Kier alpha value is -2.87. The Bertz CT molecular complexity index is 849. The predicted octanol–water partition coefficient (Wildman–Crippen LogP) is 3.87. The first-order chi connectivity index (χ1) is 13.3. The number of methoxy groups -OCH3 is 1. The number of carbonyl (C=O) groups excluding carboxylic acids is 2. The molecule has 0 radical (unpaired) electrons. The van der Waals surface area contributed by atoms with Crippen molar-refractivity contribution in [1.82, 2.24) is 4.98 Å². The number of nitrogens with one attached hydrogen (secondary N) is 2. The van der Waals surface area contributed by atoms with Gasteiger partial charge in [-0.25, -0.2) is 8.78 Å². The van der Waals surface area contributed by atoms with Crippen molar-refractivity contribution in [2.24, 2.45) is 0 Å². The number of halogens is 2. The summed E-state index contributed by atoms with van der Waals surface area (Å²) < 4.78 is 32.3. The Morgan fingerprint density at radius 2 is 1.68 bits per heavy atom. The second-order valence-electron chi connectivity index (χ2n) is 6.78. The van der Waals surface area contributed by atoms with E-state index in [1.165, 1.54) is 13.2 Å². The highest BCUT2D eigenvalue weighted by atomic mass is 19.3. The summed E-state index contributed by atoms with van der Waals surface area (Å²) in [7, 11) is 1.35. The van der Waals surface area contributed by atoms with Crippen molar-refractivity contribution < 1.29 is 23.1 Å². The second-order valence-corrected chi connectivity index (χ2v) is 6.78. The maximum Gasteiger partial charge on any atom is 0.256 e. The maximum atomic E-state index is 13.5. The van der Waals surface area contributed by atoms with Crippen LogP contribution in [0.2, 0.25) is 0 Å². The number of nitrogens with zero attached hydrogens (tertiary/aromatic N) is 1.